The molecule has 1 aliphatic heterocycles. The molecule has 1 aliphatic rings. The monoisotopic (exact) mass is 410 g/mol. The molecule has 4 rings (SSSR count). The summed E-state index contributed by atoms with van der Waals surface area (Å²) in [7, 11) is 0. The lowest BCUT2D eigenvalue weighted by molar-refractivity contribution is -0.0480. The van der Waals surface area contributed by atoms with Crippen LogP contribution < -0.4 is 5.73 Å². The van der Waals surface area contributed by atoms with Crippen LogP contribution in [0.15, 0.2) is 30.9 Å². The van der Waals surface area contributed by atoms with Gasteiger partial charge in [0.25, 0.3) is 5.91 Å². The minimum atomic E-state index is -1.23. The van der Waals surface area contributed by atoms with Crippen molar-refractivity contribution >= 4 is 22.9 Å². The van der Waals surface area contributed by atoms with Crippen molar-refractivity contribution < 1.29 is 15.0 Å². The maximum absolute atomic E-state index is 13.1. The number of nitrogens with two attached hydrogens (primary N) is 1. The molecule has 1 saturated heterocycles. The van der Waals surface area contributed by atoms with Crippen LogP contribution in [-0.2, 0) is 0 Å². The molecule has 1 fully saturated rings. The van der Waals surface area contributed by atoms with E-state index in [4.69, 9.17) is 5.73 Å². The van der Waals surface area contributed by atoms with Crippen molar-refractivity contribution in [3.8, 4) is 5.75 Å². The van der Waals surface area contributed by atoms with Gasteiger partial charge in [0, 0.05) is 6.54 Å². The Hall–Kier alpha value is -3.20. The van der Waals surface area contributed by atoms with Gasteiger partial charge in [0.05, 0.1) is 24.5 Å². The van der Waals surface area contributed by atoms with Gasteiger partial charge in [-0.3, -0.25) is 4.79 Å². The van der Waals surface area contributed by atoms with Gasteiger partial charge in [-0.05, 0) is 37.0 Å². The number of rotatable bonds is 3. The molecule has 1 aromatic carbocycles. The SMILES string of the molecule is CC(C)c1ccc(O)c(C(=O)N2CC[C@H](n3cnc4c(N)ncnc43)[C@@](C)(O)C2)c1. The molecule has 4 N–H and O–H groups in total. The Morgan fingerprint density at radius 3 is 2.77 bits per heavy atom. The minimum Gasteiger partial charge on any atom is -0.507 e. The number of amides is 1. The van der Waals surface area contributed by atoms with E-state index in [-0.39, 0.29) is 41.5 Å². The number of piperidine rings is 1. The third-order valence-corrected chi connectivity index (χ3v) is 5.83. The molecule has 0 saturated carbocycles. The summed E-state index contributed by atoms with van der Waals surface area (Å²) in [5, 5.41) is 21.5. The number of phenols is 1. The molecule has 2 atom stereocenters. The standard InChI is InChI=1S/C21H26N6O3/c1-12(2)13-4-5-15(28)14(8-13)20(29)26-7-6-16(21(3,30)9-26)27-11-25-17-18(22)23-10-24-19(17)27/h4-5,8,10-12,16,28,30H,6-7,9H2,1-3H3,(H2,22,23,24)/t16-,21-/m0/s1. The van der Waals surface area contributed by atoms with E-state index < -0.39 is 5.60 Å². The molecule has 0 radical (unpaired) electrons. The van der Waals surface area contributed by atoms with Crippen LogP contribution in [0.5, 0.6) is 5.75 Å². The van der Waals surface area contributed by atoms with Gasteiger partial charge in [-0.15, -0.1) is 0 Å². The molecule has 0 unspecified atom stereocenters. The number of aromatic nitrogens is 4. The van der Waals surface area contributed by atoms with Crippen LogP contribution in [0.2, 0.25) is 0 Å². The molecule has 0 aliphatic carbocycles. The summed E-state index contributed by atoms with van der Waals surface area (Å²) < 4.78 is 1.80. The van der Waals surface area contributed by atoms with E-state index in [1.807, 2.05) is 19.9 Å². The summed E-state index contributed by atoms with van der Waals surface area (Å²) in [6.07, 6.45) is 3.47. The number of aromatic hydroxyl groups is 1. The van der Waals surface area contributed by atoms with E-state index >= 15 is 0 Å². The fourth-order valence-electron chi connectivity index (χ4n) is 4.12. The second-order valence-corrected chi connectivity index (χ2v) is 8.40. The van der Waals surface area contributed by atoms with Crippen LogP contribution in [0.1, 0.15) is 55.1 Å². The zero-order valence-electron chi connectivity index (χ0n) is 17.3. The molecule has 1 amide bonds. The summed E-state index contributed by atoms with van der Waals surface area (Å²) in [6.45, 7) is 6.29. The second kappa shape index (κ2) is 7.24. The predicted octanol–water partition coefficient (Wildman–Crippen LogP) is 2.08. The van der Waals surface area contributed by atoms with Crippen molar-refractivity contribution in [3.05, 3.63) is 42.0 Å². The smallest absolute Gasteiger partial charge is 0.257 e. The third kappa shape index (κ3) is 3.35. The number of β-amino-alcohol motifs (C(OH)–C–C–N with tert-alkyl or cyclic N) is 1. The zero-order valence-corrected chi connectivity index (χ0v) is 17.3. The second-order valence-electron chi connectivity index (χ2n) is 8.40. The van der Waals surface area contributed by atoms with Crippen molar-refractivity contribution in [3.63, 3.8) is 0 Å². The fourth-order valence-corrected chi connectivity index (χ4v) is 4.12. The molecule has 3 heterocycles. The largest absolute Gasteiger partial charge is 0.507 e. The first-order valence-corrected chi connectivity index (χ1v) is 9.96. The van der Waals surface area contributed by atoms with Crippen LogP contribution in [-0.4, -0.2) is 59.2 Å². The average molecular weight is 410 g/mol. The molecule has 9 heteroatoms. The number of aliphatic hydroxyl groups is 1. The van der Waals surface area contributed by atoms with Gasteiger partial charge in [0.2, 0.25) is 0 Å². The number of anilines is 1. The maximum atomic E-state index is 13.1. The molecule has 2 aromatic heterocycles. The Morgan fingerprint density at radius 1 is 1.30 bits per heavy atom. The minimum absolute atomic E-state index is 0.0565. The van der Waals surface area contributed by atoms with Crippen LogP contribution in [0.4, 0.5) is 5.82 Å². The lowest BCUT2D eigenvalue weighted by Crippen LogP contribution is -2.54. The average Bonchev–Trinajstić information content (AvgIpc) is 3.12. The van der Waals surface area contributed by atoms with E-state index in [2.05, 4.69) is 15.0 Å². The highest BCUT2D eigenvalue weighted by Gasteiger charge is 2.42. The third-order valence-electron chi connectivity index (χ3n) is 5.83. The number of hydrogen-bond acceptors (Lipinski definition) is 7. The first-order valence-electron chi connectivity index (χ1n) is 9.96. The van der Waals surface area contributed by atoms with Gasteiger partial charge in [-0.1, -0.05) is 19.9 Å². The highest BCUT2D eigenvalue weighted by molar-refractivity contribution is 5.97. The number of fused-ring (bicyclic) bond motifs is 1. The van der Waals surface area contributed by atoms with Gasteiger partial charge >= 0.3 is 0 Å². The Labute approximate surface area is 174 Å². The van der Waals surface area contributed by atoms with Crippen LogP contribution in [0.25, 0.3) is 11.2 Å². The van der Waals surface area contributed by atoms with Crippen LogP contribution >= 0.6 is 0 Å². The summed E-state index contributed by atoms with van der Waals surface area (Å²) in [4.78, 5) is 27.2. The summed E-state index contributed by atoms with van der Waals surface area (Å²) >= 11 is 0. The molecule has 0 bridgehead atoms. The van der Waals surface area contributed by atoms with Crippen molar-refractivity contribution in [2.75, 3.05) is 18.8 Å². The highest BCUT2D eigenvalue weighted by Crippen LogP contribution is 2.35. The first kappa shape index (κ1) is 20.1. The topological polar surface area (TPSA) is 130 Å². The van der Waals surface area contributed by atoms with Gasteiger partial charge in [-0.25, -0.2) is 15.0 Å². The van der Waals surface area contributed by atoms with E-state index in [0.717, 1.165) is 5.56 Å². The predicted molar refractivity (Wildman–Crippen MR) is 112 cm³/mol. The number of likely N-dealkylation sites (tertiary alicyclic amines) is 1. The number of nitrogen functional groups attached to an aromatic ring is 1. The summed E-state index contributed by atoms with van der Waals surface area (Å²) in [5.74, 6) is 0.163. The van der Waals surface area contributed by atoms with Crippen LogP contribution in [0.3, 0.4) is 0 Å². The number of benzene rings is 1. The molecule has 9 nitrogen and oxygen atoms in total. The van der Waals surface area contributed by atoms with Crippen molar-refractivity contribution in [2.24, 2.45) is 0 Å². The van der Waals surface area contributed by atoms with Gasteiger partial charge in [0.1, 0.15) is 23.2 Å². The molecule has 3 aromatic rings. The van der Waals surface area contributed by atoms with Gasteiger partial charge in [-0.2, -0.15) is 0 Å². The molecular formula is C21H26N6O3. The number of carbonyl (C=O) groups is 1. The Kier molecular flexibility index (Phi) is 4.85. The Balaban J connectivity index is 1.61. The maximum Gasteiger partial charge on any atom is 0.257 e. The van der Waals surface area contributed by atoms with Gasteiger partial charge < -0.3 is 25.4 Å². The number of carbonyl (C=O) groups excluding carboxylic acids is 1. The summed E-state index contributed by atoms with van der Waals surface area (Å²) in [6, 6.07) is 4.76. The number of hydrogen-bond donors (Lipinski definition) is 3. The Bertz CT molecular complexity index is 1110. The quantitative estimate of drug-likeness (QED) is 0.602. The number of nitrogens with zero attached hydrogens (tertiary/aromatic N) is 5. The fraction of sp³-hybridized carbons (Fsp3) is 0.429. The van der Waals surface area contributed by atoms with Crippen molar-refractivity contribution in [1.82, 2.24) is 24.4 Å². The van der Waals surface area contributed by atoms with Crippen LogP contribution in [0, 0.1) is 0 Å². The molecule has 30 heavy (non-hydrogen) atoms. The van der Waals surface area contributed by atoms with Crippen molar-refractivity contribution in [2.45, 2.75) is 44.8 Å². The van der Waals surface area contributed by atoms with E-state index in [0.29, 0.717) is 24.1 Å². The normalized spacial score (nSPS) is 22.0. The van der Waals surface area contributed by atoms with Crippen molar-refractivity contribution in [1.29, 1.82) is 0 Å². The van der Waals surface area contributed by atoms with Gasteiger partial charge in [0.15, 0.2) is 11.5 Å². The van der Waals surface area contributed by atoms with E-state index in [9.17, 15) is 15.0 Å². The molecule has 0 spiro atoms. The zero-order chi connectivity index (χ0) is 21.6. The first-order chi connectivity index (χ1) is 14.2. The molecule has 158 valence electrons. The van der Waals surface area contributed by atoms with E-state index in [1.54, 1.807) is 34.9 Å². The Morgan fingerprint density at radius 2 is 2.07 bits per heavy atom. The summed E-state index contributed by atoms with van der Waals surface area (Å²) in [5.41, 5.74) is 6.91. The molecular weight excluding hydrogens is 384 g/mol. The lowest BCUT2D eigenvalue weighted by atomic mass is 9.88. The van der Waals surface area contributed by atoms with E-state index in [1.165, 1.54) is 6.33 Å². The lowest BCUT2D eigenvalue weighted by Gasteiger charge is -2.43. The highest BCUT2D eigenvalue weighted by atomic mass is 16.3. The number of phenolic OH excluding ortho intramolecular Hbond substituents is 1. The number of imidazole rings is 1.